The Morgan fingerprint density at radius 1 is 1.06 bits per heavy atom. The minimum Gasteiger partial charge on any atom is -0.458 e. The summed E-state index contributed by atoms with van der Waals surface area (Å²) in [5.74, 6) is 0.260. The van der Waals surface area contributed by atoms with Crippen molar-refractivity contribution in [3.8, 4) is 0 Å². The molecule has 0 unspecified atom stereocenters. The summed E-state index contributed by atoms with van der Waals surface area (Å²) >= 11 is 1.23. The molecule has 0 heterocycles. The molecule has 106 valence electrons. The summed E-state index contributed by atoms with van der Waals surface area (Å²) in [6, 6.07) is 0. The second kappa shape index (κ2) is 9.35. The quantitative estimate of drug-likeness (QED) is 0.497. The van der Waals surface area contributed by atoms with Crippen molar-refractivity contribution in [3.63, 3.8) is 0 Å². The number of esters is 1. The largest absolute Gasteiger partial charge is 0.458 e. The van der Waals surface area contributed by atoms with Crippen molar-refractivity contribution in [1.29, 1.82) is 0 Å². The van der Waals surface area contributed by atoms with Crippen LogP contribution < -0.4 is 0 Å². The second-order valence-electron chi connectivity index (χ2n) is 4.59. The third-order valence-electron chi connectivity index (χ3n) is 1.54. The van der Waals surface area contributed by atoms with Gasteiger partial charge in [-0.3, -0.25) is 4.79 Å². The molecule has 0 rings (SSSR count). The molecule has 0 aliphatic carbocycles. The smallest absolute Gasteiger partial charge is 0.332 e. The highest BCUT2D eigenvalue weighted by molar-refractivity contribution is 8.13. The molecule has 0 aliphatic rings. The first-order valence-corrected chi connectivity index (χ1v) is 6.80. The van der Waals surface area contributed by atoms with Gasteiger partial charge in [0, 0.05) is 12.7 Å². The first-order chi connectivity index (χ1) is 8.31. The van der Waals surface area contributed by atoms with E-state index in [4.69, 9.17) is 14.2 Å². The topological polar surface area (TPSA) is 61.8 Å². The second-order valence-corrected chi connectivity index (χ2v) is 5.86. The van der Waals surface area contributed by atoms with Gasteiger partial charge in [0.25, 0.3) is 0 Å². The monoisotopic (exact) mass is 278 g/mol. The number of thioether (sulfide) groups is 1. The first kappa shape index (κ1) is 17.4. The number of carbonyl (C=O) groups is 2. The molecule has 0 radical (unpaired) electrons. The molecule has 0 atom stereocenters. The van der Waals surface area contributed by atoms with Crippen LogP contribution in [0, 0.1) is 0 Å². The van der Waals surface area contributed by atoms with Crippen molar-refractivity contribution in [1.82, 2.24) is 0 Å². The van der Waals surface area contributed by atoms with Crippen molar-refractivity contribution in [2.75, 3.05) is 32.2 Å². The maximum atomic E-state index is 11.2. The number of hydrogen-bond donors (Lipinski definition) is 0. The summed E-state index contributed by atoms with van der Waals surface area (Å²) in [6.45, 7) is 8.12. The van der Waals surface area contributed by atoms with E-state index < -0.39 is 5.60 Å². The lowest BCUT2D eigenvalue weighted by molar-refractivity contribution is -0.160. The number of ether oxygens (including phenoxy) is 3. The predicted octanol–water partition coefficient (Wildman–Crippen LogP) is 1.64. The highest BCUT2D eigenvalue weighted by atomic mass is 32.2. The molecule has 0 aromatic heterocycles. The Bertz CT molecular complexity index is 260. The summed E-state index contributed by atoms with van der Waals surface area (Å²) in [4.78, 5) is 21.8. The predicted molar refractivity (Wildman–Crippen MR) is 70.6 cm³/mol. The summed E-state index contributed by atoms with van der Waals surface area (Å²) in [6.07, 6.45) is 0. The highest BCUT2D eigenvalue weighted by Gasteiger charge is 2.15. The van der Waals surface area contributed by atoms with Gasteiger partial charge in [0.2, 0.25) is 0 Å². The lowest BCUT2D eigenvalue weighted by atomic mass is 10.2. The standard InChI is InChI=1S/C12H22O5S/c1-10(13)18-8-7-15-5-6-16-9-11(14)17-12(2,3)4/h5-9H2,1-4H3. The lowest BCUT2D eigenvalue weighted by Crippen LogP contribution is -2.27. The third-order valence-corrected chi connectivity index (χ3v) is 2.32. The summed E-state index contributed by atoms with van der Waals surface area (Å²) in [7, 11) is 0. The molecule has 0 N–H and O–H groups in total. The van der Waals surface area contributed by atoms with Crippen LogP contribution >= 0.6 is 11.8 Å². The fourth-order valence-electron chi connectivity index (χ4n) is 0.991. The first-order valence-electron chi connectivity index (χ1n) is 5.82. The Morgan fingerprint density at radius 3 is 2.22 bits per heavy atom. The van der Waals surface area contributed by atoms with E-state index in [1.54, 1.807) is 20.8 Å². The van der Waals surface area contributed by atoms with E-state index in [1.807, 2.05) is 0 Å². The highest BCUT2D eigenvalue weighted by Crippen LogP contribution is 2.06. The lowest BCUT2D eigenvalue weighted by Gasteiger charge is -2.19. The van der Waals surface area contributed by atoms with E-state index >= 15 is 0 Å². The zero-order valence-corrected chi connectivity index (χ0v) is 12.3. The van der Waals surface area contributed by atoms with Crippen molar-refractivity contribution in [2.24, 2.45) is 0 Å². The van der Waals surface area contributed by atoms with Gasteiger partial charge in [0.1, 0.15) is 12.2 Å². The van der Waals surface area contributed by atoms with E-state index in [0.29, 0.717) is 25.6 Å². The normalized spacial score (nSPS) is 11.3. The molecular weight excluding hydrogens is 256 g/mol. The zero-order valence-electron chi connectivity index (χ0n) is 11.5. The van der Waals surface area contributed by atoms with Gasteiger partial charge in [-0.05, 0) is 20.8 Å². The molecule has 0 aliphatic heterocycles. The van der Waals surface area contributed by atoms with Crippen LogP contribution in [0.3, 0.4) is 0 Å². The van der Waals surface area contributed by atoms with E-state index in [-0.39, 0.29) is 17.7 Å². The van der Waals surface area contributed by atoms with Crippen LogP contribution in [0.5, 0.6) is 0 Å². The minimum atomic E-state index is -0.485. The molecule has 0 saturated heterocycles. The Hall–Kier alpha value is -0.590. The van der Waals surface area contributed by atoms with Crippen molar-refractivity contribution < 1.29 is 23.8 Å². The number of carbonyl (C=O) groups excluding carboxylic acids is 2. The Kier molecular flexibility index (Phi) is 9.05. The summed E-state index contributed by atoms with van der Waals surface area (Å²) in [5.41, 5.74) is -0.485. The SMILES string of the molecule is CC(=O)SCCOCCOCC(=O)OC(C)(C)C. The van der Waals surface area contributed by atoms with Crippen LogP contribution in [0.4, 0.5) is 0 Å². The van der Waals surface area contributed by atoms with Gasteiger partial charge in [-0.2, -0.15) is 0 Å². The molecule has 18 heavy (non-hydrogen) atoms. The molecular formula is C12H22O5S. The molecule has 6 heteroatoms. The van der Waals surface area contributed by atoms with Gasteiger partial charge < -0.3 is 14.2 Å². The Labute approximate surface area is 113 Å². The van der Waals surface area contributed by atoms with Gasteiger partial charge >= 0.3 is 5.97 Å². The van der Waals surface area contributed by atoms with Crippen molar-refractivity contribution in [3.05, 3.63) is 0 Å². The van der Waals surface area contributed by atoms with Gasteiger partial charge in [-0.1, -0.05) is 11.8 Å². The van der Waals surface area contributed by atoms with Crippen molar-refractivity contribution >= 4 is 22.8 Å². The van der Waals surface area contributed by atoms with E-state index in [1.165, 1.54) is 18.7 Å². The van der Waals surface area contributed by atoms with Crippen LogP contribution in [0.15, 0.2) is 0 Å². The fourth-order valence-corrected chi connectivity index (χ4v) is 1.48. The van der Waals surface area contributed by atoms with Crippen molar-refractivity contribution in [2.45, 2.75) is 33.3 Å². The van der Waals surface area contributed by atoms with E-state index in [9.17, 15) is 9.59 Å². The van der Waals surface area contributed by atoms with Gasteiger partial charge in [-0.15, -0.1) is 0 Å². The van der Waals surface area contributed by atoms with Gasteiger partial charge in [-0.25, -0.2) is 4.79 Å². The fraction of sp³-hybridized carbons (Fsp3) is 0.833. The van der Waals surface area contributed by atoms with Crippen LogP contribution in [0.2, 0.25) is 0 Å². The molecule has 0 fully saturated rings. The van der Waals surface area contributed by atoms with E-state index in [2.05, 4.69) is 0 Å². The average Bonchev–Trinajstić information content (AvgIpc) is 2.18. The van der Waals surface area contributed by atoms with Gasteiger partial charge in [0.15, 0.2) is 5.12 Å². The summed E-state index contributed by atoms with van der Waals surface area (Å²) in [5, 5.41) is 0.0831. The van der Waals surface area contributed by atoms with Crippen LogP contribution in [0.1, 0.15) is 27.7 Å². The van der Waals surface area contributed by atoms with Crippen LogP contribution in [-0.2, 0) is 23.8 Å². The minimum absolute atomic E-state index is 0.0666. The van der Waals surface area contributed by atoms with E-state index in [0.717, 1.165) is 0 Å². The molecule has 0 spiro atoms. The molecule has 0 aromatic carbocycles. The average molecular weight is 278 g/mol. The Balaban J connectivity index is 3.30. The molecule has 0 aromatic rings. The van der Waals surface area contributed by atoms with Crippen LogP contribution in [0.25, 0.3) is 0 Å². The molecule has 0 saturated carbocycles. The molecule has 5 nitrogen and oxygen atoms in total. The third kappa shape index (κ3) is 13.5. The zero-order chi connectivity index (χ0) is 14.0. The Morgan fingerprint density at radius 2 is 1.67 bits per heavy atom. The van der Waals surface area contributed by atoms with Crippen LogP contribution in [-0.4, -0.2) is 48.9 Å². The number of rotatable bonds is 8. The molecule has 0 amide bonds. The summed E-state index contributed by atoms with van der Waals surface area (Å²) < 4.78 is 15.4. The molecule has 0 bridgehead atoms. The van der Waals surface area contributed by atoms with Gasteiger partial charge in [0.05, 0.1) is 19.8 Å². The maximum absolute atomic E-state index is 11.2. The maximum Gasteiger partial charge on any atom is 0.332 e. The number of hydrogen-bond acceptors (Lipinski definition) is 6.